The number of fused-ring (bicyclic) bond motifs is 1. The predicted molar refractivity (Wildman–Crippen MR) is 71.7 cm³/mol. The van der Waals surface area contributed by atoms with Crippen LogP contribution in [0.25, 0.3) is 0 Å². The molecule has 0 unspecified atom stereocenters. The van der Waals surface area contributed by atoms with Gasteiger partial charge in [0.05, 0.1) is 17.3 Å². The maximum Gasteiger partial charge on any atom is 0.142 e. The van der Waals surface area contributed by atoms with Crippen LogP contribution in [0.3, 0.4) is 0 Å². The molecule has 1 aliphatic heterocycles. The van der Waals surface area contributed by atoms with Gasteiger partial charge in [0.2, 0.25) is 0 Å². The van der Waals surface area contributed by atoms with Gasteiger partial charge in [-0.15, -0.1) is 0 Å². The highest BCUT2D eigenvalue weighted by atomic mass is 16.3. The highest BCUT2D eigenvalue weighted by Crippen LogP contribution is 2.34. The Morgan fingerprint density at radius 1 is 1.37 bits per heavy atom. The number of rotatable bonds is 1. The number of pyridine rings is 1. The molecule has 0 aliphatic carbocycles. The van der Waals surface area contributed by atoms with Crippen molar-refractivity contribution in [3.05, 3.63) is 52.8 Å². The van der Waals surface area contributed by atoms with Gasteiger partial charge >= 0.3 is 0 Å². The zero-order chi connectivity index (χ0) is 13.4. The molecule has 1 aromatic carbocycles. The molecule has 4 nitrogen and oxygen atoms in total. The molecule has 94 valence electrons. The van der Waals surface area contributed by atoms with E-state index in [0.29, 0.717) is 24.3 Å². The third-order valence-electron chi connectivity index (χ3n) is 3.48. The lowest BCUT2D eigenvalue weighted by Gasteiger charge is -2.17. The van der Waals surface area contributed by atoms with Crippen molar-refractivity contribution in [2.75, 3.05) is 4.90 Å². The lowest BCUT2D eigenvalue weighted by atomic mass is 10.1. The van der Waals surface area contributed by atoms with Crippen molar-refractivity contribution in [3.8, 4) is 11.8 Å². The van der Waals surface area contributed by atoms with Crippen molar-refractivity contribution in [1.29, 1.82) is 5.26 Å². The molecule has 19 heavy (non-hydrogen) atoms. The van der Waals surface area contributed by atoms with E-state index in [9.17, 15) is 5.11 Å². The van der Waals surface area contributed by atoms with Gasteiger partial charge in [-0.1, -0.05) is 6.07 Å². The van der Waals surface area contributed by atoms with E-state index in [1.165, 1.54) is 0 Å². The first kappa shape index (κ1) is 11.5. The Balaban J connectivity index is 1.95. The summed E-state index contributed by atoms with van der Waals surface area (Å²) in [4.78, 5) is 6.31. The van der Waals surface area contributed by atoms with Gasteiger partial charge in [-0.05, 0) is 30.7 Å². The highest BCUT2D eigenvalue weighted by Gasteiger charge is 2.23. The van der Waals surface area contributed by atoms with Gasteiger partial charge in [0.1, 0.15) is 5.75 Å². The Bertz CT molecular complexity index is 688. The van der Waals surface area contributed by atoms with E-state index in [1.54, 1.807) is 13.0 Å². The Kier molecular flexibility index (Phi) is 2.60. The van der Waals surface area contributed by atoms with E-state index in [1.807, 2.05) is 24.4 Å². The van der Waals surface area contributed by atoms with Gasteiger partial charge in [-0.2, -0.15) is 5.26 Å². The fourth-order valence-corrected chi connectivity index (χ4v) is 2.40. The average Bonchev–Trinajstić information content (AvgIpc) is 2.88. The van der Waals surface area contributed by atoms with Crippen LogP contribution in [0.15, 0.2) is 30.5 Å². The number of aromatic nitrogens is 1. The lowest BCUT2D eigenvalue weighted by molar-refractivity contribution is 0.461. The minimum Gasteiger partial charge on any atom is -0.506 e. The van der Waals surface area contributed by atoms with E-state index in [0.717, 1.165) is 16.8 Å². The van der Waals surface area contributed by atoms with Gasteiger partial charge in [0.15, 0.2) is 0 Å². The molecule has 0 spiro atoms. The SMILES string of the molecule is Cc1ncc2c(c1O)CN(c1cccc(C#N)c1)C2. The van der Waals surface area contributed by atoms with Crippen molar-refractivity contribution in [2.24, 2.45) is 0 Å². The Morgan fingerprint density at radius 3 is 3.00 bits per heavy atom. The first-order valence-electron chi connectivity index (χ1n) is 6.10. The summed E-state index contributed by atoms with van der Waals surface area (Å²) in [7, 11) is 0. The van der Waals surface area contributed by atoms with Crippen molar-refractivity contribution < 1.29 is 5.11 Å². The molecule has 1 aliphatic rings. The highest BCUT2D eigenvalue weighted by molar-refractivity contribution is 5.57. The van der Waals surface area contributed by atoms with Gasteiger partial charge in [0.25, 0.3) is 0 Å². The van der Waals surface area contributed by atoms with Crippen LogP contribution in [0, 0.1) is 18.3 Å². The van der Waals surface area contributed by atoms with Crippen molar-refractivity contribution in [2.45, 2.75) is 20.0 Å². The first-order valence-corrected chi connectivity index (χ1v) is 6.10. The molecule has 0 atom stereocenters. The van der Waals surface area contributed by atoms with Gasteiger partial charge in [-0.3, -0.25) is 4.98 Å². The topological polar surface area (TPSA) is 60.2 Å². The van der Waals surface area contributed by atoms with Crippen molar-refractivity contribution >= 4 is 5.69 Å². The molecule has 0 fully saturated rings. The second-order valence-electron chi connectivity index (χ2n) is 4.71. The van der Waals surface area contributed by atoms with Gasteiger partial charge < -0.3 is 10.0 Å². The first-order chi connectivity index (χ1) is 9.19. The monoisotopic (exact) mass is 251 g/mol. The zero-order valence-corrected chi connectivity index (χ0v) is 10.6. The summed E-state index contributed by atoms with van der Waals surface area (Å²) >= 11 is 0. The van der Waals surface area contributed by atoms with Crippen LogP contribution in [0.2, 0.25) is 0 Å². The normalized spacial score (nSPS) is 13.2. The largest absolute Gasteiger partial charge is 0.506 e. The number of nitrogens with zero attached hydrogens (tertiary/aromatic N) is 3. The summed E-state index contributed by atoms with van der Waals surface area (Å²) in [5, 5.41) is 19.0. The predicted octanol–water partition coefficient (Wildman–Crippen LogP) is 2.49. The molecule has 3 rings (SSSR count). The minimum absolute atomic E-state index is 0.288. The average molecular weight is 251 g/mol. The molecule has 4 heteroatoms. The molecular weight excluding hydrogens is 238 g/mol. The Hall–Kier alpha value is -2.54. The van der Waals surface area contributed by atoms with Gasteiger partial charge in [-0.25, -0.2) is 0 Å². The molecule has 0 bridgehead atoms. The van der Waals surface area contributed by atoms with Crippen LogP contribution < -0.4 is 4.90 Å². The molecule has 0 saturated carbocycles. The van der Waals surface area contributed by atoms with Crippen LogP contribution in [0.5, 0.6) is 5.75 Å². The molecule has 0 amide bonds. The Labute approximate surface area is 111 Å². The molecule has 1 N–H and O–H groups in total. The summed E-state index contributed by atoms with van der Waals surface area (Å²) in [6.07, 6.45) is 1.82. The van der Waals surface area contributed by atoms with Crippen molar-refractivity contribution in [3.63, 3.8) is 0 Å². The quantitative estimate of drug-likeness (QED) is 0.845. The van der Waals surface area contributed by atoms with E-state index < -0.39 is 0 Å². The number of hydrogen-bond acceptors (Lipinski definition) is 4. The number of aromatic hydroxyl groups is 1. The van der Waals surface area contributed by atoms with Crippen molar-refractivity contribution in [1.82, 2.24) is 4.98 Å². The molecule has 0 saturated heterocycles. The summed E-state index contributed by atoms with van der Waals surface area (Å²) in [6.45, 7) is 3.17. The molecule has 1 aromatic heterocycles. The second-order valence-corrected chi connectivity index (χ2v) is 4.71. The number of benzene rings is 1. The van der Waals surface area contributed by atoms with Crippen LogP contribution in [-0.4, -0.2) is 10.1 Å². The summed E-state index contributed by atoms with van der Waals surface area (Å²) in [6, 6.07) is 9.65. The van der Waals surface area contributed by atoms with E-state index in [2.05, 4.69) is 16.0 Å². The van der Waals surface area contributed by atoms with Crippen LogP contribution in [0.4, 0.5) is 5.69 Å². The van der Waals surface area contributed by atoms with Crippen LogP contribution in [0.1, 0.15) is 22.4 Å². The van der Waals surface area contributed by atoms with Crippen LogP contribution >= 0.6 is 0 Å². The fourth-order valence-electron chi connectivity index (χ4n) is 2.40. The molecule has 2 aromatic rings. The summed E-state index contributed by atoms with van der Waals surface area (Å²) in [5.74, 6) is 0.288. The Morgan fingerprint density at radius 2 is 2.21 bits per heavy atom. The second kappa shape index (κ2) is 4.29. The number of aryl methyl sites for hydroxylation is 1. The van der Waals surface area contributed by atoms with E-state index >= 15 is 0 Å². The summed E-state index contributed by atoms with van der Waals surface area (Å²) in [5.41, 5.74) is 4.28. The number of nitriles is 1. The fraction of sp³-hybridized carbons (Fsp3) is 0.200. The smallest absolute Gasteiger partial charge is 0.142 e. The minimum atomic E-state index is 0.288. The third-order valence-corrected chi connectivity index (χ3v) is 3.48. The summed E-state index contributed by atoms with van der Waals surface area (Å²) < 4.78 is 0. The number of anilines is 1. The zero-order valence-electron chi connectivity index (χ0n) is 10.6. The van der Waals surface area contributed by atoms with Gasteiger partial charge in [0, 0.05) is 30.5 Å². The number of hydrogen-bond donors (Lipinski definition) is 1. The standard InChI is InChI=1S/C15H13N3O/c1-10-15(19)14-9-18(8-12(14)7-17-10)13-4-2-3-11(5-13)6-16/h2-5,7,19H,8-9H2,1H3. The van der Waals surface area contributed by atoms with E-state index in [-0.39, 0.29) is 5.75 Å². The third kappa shape index (κ3) is 1.89. The molecular formula is C15H13N3O. The maximum atomic E-state index is 10.0. The molecule has 0 radical (unpaired) electrons. The maximum absolute atomic E-state index is 10.0. The van der Waals surface area contributed by atoms with Crippen LogP contribution in [-0.2, 0) is 13.1 Å². The lowest BCUT2D eigenvalue weighted by Crippen LogP contribution is -2.14. The van der Waals surface area contributed by atoms with E-state index in [4.69, 9.17) is 5.26 Å². The molecule has 2 heterocycles.